The lowest BCUT2D eigenvalue weighted by molar-refractivity contribution is -0.118. The maximum atomic E-state index is 12.2. The summed E-state index contributed by atoms with van der Waals surface area (Å²) in [6, 6.07) is 16.3. The number of hydrogen-bond donors (Lipinski definition) is 1. The van der Waals surface area contributed by atoms with E-state index in [9.17, 15) is 4.79 Å². The van der Waals surface area contributed by atoms with Crippen LogP contribution in [0.4, 0.5) is 0 Å². The van der Waals surface area contributed by atoms with Crippen LogP contribution in [0.15, 0.2) is 53.5 Å². The van der Waals surface area contributed by atoms with E-state index in [2.05, 4.69) is 56.8 Å². The molecule has 1 amide bonds. The van der Waals surface area contributed by atoms with Crippen LogP contribution in [-0.2, 0) is 17.8 Å². The molecule has 33 heavy (non-hydrogen) atoms. The van der Waals surface area contributed by atoms with Crippen LogP contribution in [0.5, 0.6) is 0 Å². The number of carbonyl (C=O) groups is 1. The Hall–Kier alpha value is -3.46. The summed E-state index contributed by atoms with van der Waals surface area (Å²) in [6.45, 7) is 4.71. The lowest BCUT2D eigenvalue weighted by Gasteiger charge is -2.08. The van der Waals surface area contributed by atoms with Gasteiger partial charge in [-0.05, 0) is 34.7 Å². The number of aromatic amines is 1. The third-order valence-electron chi connectivity index (χ3n) is 5.20. The average Bonchev–Trinajstić information content (AvgIpc) is 3.49. The number of carbonyl (C=O) groups excluding carboxylic acids is 1. The zero-order valence-corrected chi connectivity index (χ0v) is 19.7. The predicted molar refractivity (Wildman–Crippen MR) is 128 cm³/mol. The molecule has 2 heterocycles. The number of benzene rings is 2. The van der Waals surface area contributed by atoms with Gasteiger partial charge in [-0.2, -0.15) is 15.3 Å². The maximum Gasteiger partial charge on any atom is 0.248 e. The van der Waals surface area contributed by atoms with Gasteiger partial charge in [-0.3, -0.25) is 4.79 Å². The fourth-order valence-corrected chi connectivity index (χ4v) is 4.47. The van der Waals surface area contributed by atoms with Crippen molar-refractivity contribution >= 4 is 17.2 Å². The van der Waals surface area contributed by atoms with Crippen LogP contribution in [0.25, 0.3) is 22.5 Å². The van der Waals surface area contributed by atoms with Gasteiger partial charge in [0.1, 0.15) is 5.01 Å². The number of unbranched alkanes of at least 4 members (excludes halogenated alkanes) is 1. The Balaban J connectivity index is 1.60. The monoisotopic (exact) mass is 461 g/mol. The van der Waals surface area contributed by atoms with Crippen molar-refractivity contribution in [3.63, 3.8) is 0 Å². The highest BCUT2D eigenvalue weighted by molar-refractivity contribution is 7.08. The molecule has 0 bridgehead atoms. The third kappa shape index (κ3) is 5.67. The highest BCUT2D eigenvalue weighted by atomic mass is 32.1. The SMILES string of the molecule is CCCCc1nn(Cc2ccc(-c3ccccc3-c3nn[nH]n3)cc2)c(=NC(=O)CCC)s1. The van der Waals surface area contributed by atoms with Gasteiger partial charge >= 0.3 is 0 Å². The van der Waals surface area contributed by atoms with Crippen molar-refractivity contribution in [3.05, 3.63) is 63.9 Å². The molecule has 170 valence electrons. The molecule has 0 aliphatic rings. The molecule has 0 saturated heterocycles. The Morgan fingerprint density at radius 2 is 1.85 bits per heavy atom. The molecule has 0 unspecified atom stereocenters. The molecule has 8 nitrogen and oxygen atoms in total. The molecule has 0 fully saturated rings. The smallest absolute Gasteiger partial charge is 0.248 e. The minimum Gasteiger partial charge on any atom is -0.273 e. The highest BCUT2D eigenvalue weighted by Crippen LogP contribution is 2.29. The van der Waals surface area contributed by atoms with Crippen LogP contribution >= 0.6 is 11.3 Å². The van der Waals surface area contributed by atoms with Gasteiger partial charge in [-0.15, -0.1) is 10.2 Å². The first-order chi connectivity index (χ1) is 16.2. The van der Waals surface area contributed by atoms with Crippen LogP contribution in [-0.4, -0.2) is 36.3 Å². The Bertz CT molecular complexity index is 1260. The second kappa shape index (κ2) is 10.9. The summed E-state index contributed by atoms with van der Waals surface area (Å²) in [6.07, 6.45) is 4.33. The number of aryl methyl sites for hydroxylation is 1. The van der Waals surface area contributed by atoms with Crippen LogP contribution in [0.1, 0.15) is 50.1 Å². The van der Waals surface area contributed by atoms with Crippen molar-refractivity contribution in [2.75, 3.05) is 0 Å². The quantitative estimate of drug-likeness (QED) is 0.398. The van der Waals surface area contributed by atoms with Gasteiger partial charge in [0, 0.05) is 18.4 Å². The molecule has 0 saturated carbocycles. The Morgan fingerprint density at radius 3 is 2.55 bits per heavy atom. The molecule has 0 radical (unpaired) electrons. The highest BCUT2D eigenvalue weighted by Gasteiger charge is 2.11. The van der Waals surface area contributed by atoms with Gasteiger partial charge in [0.15, 0.2) is 0 Å². The summed E-state index contributed by atoms with van der Waals surface area (Å²) in [5, 5.41) is 20.2. The number of amides is 1. The second-order valence-electron chi connectivity index (χ2n) is 7.77. The van der Waals surface area contributed by atoms with Crippen molar-refractivity contribution in [2.45, 2.75) is 52.5 Å². The van der Waals surface area contributed by atoms with E-state index in [-0.39, 0.29) is 5.91 Å². The van der Waals surface area contributed by atoms with E-state index >= 15 is 0 Å². The number of H-pyrrole nitrogens is 1. The molecule has 1 N–H and O–H groups in total. The molecular formula is C24H27N7OS. The van der Waals surface area contributed by atoms with Gasteiger partial charge in [-0.1, -0.05) is 80.1 Å². The minimum atomic E-state index is -0.0923. The first-order valence-electron chi connectivity index (χ1n) is 11.2. The topological polar surface area (TPSA) is 102 Å². The van der Waals surface area contributed by atoms with E-state index in [1.807, 2.05) is 35.9 Å². The fourth-order valence-electron chi connectivity index (χ4n) is 3.51. The molecule has 2 aromatic carbocycles. The van der Waals surface area contributed by atoms with Crippen molar-refractivity contribution in [2.24, 2.45) is 4.99 Å². The van der Waals surface area contributed by atoms with Gasteiger partial charge in [0.25, 0.3) is 0 Å². The zero-order valence-electron chi connectivity index (χ0n) is 18.9. The summed E-state index contributed by atoms with van der Waals surface area (Å²) in [5.41, 5.74) is 4.11. The zero-order chi connectivity index (χ0) is 23.0. The molecule has 0 aliphatic carbocycles. The van der Waals surface area contributed by atoms with Crippen LogP contribution < -0.4 is 4.80 Å². The Kier molecular flexibility index (Phi) is 7.51. The predicted octanol–water partition coefficient (Wildman–Crippen LogP) is 4.41. The first kappa shape index (κ1) is 22.7. The summed E-state index contributed by atoms with van der Waals surface area (Å²) in [7, 11) is 0. The standard InChI is InChI=1S/C24H27N7OS/c1-3-5-11-22-28-31(24(33-22)25-21(32)8-4-2)16-17-12-14-18(15-13-17)19-9-6-7-10-20(19)23-26-29-30-27-23/h6-7,9-10,12-15H,3-5,8,11,16H2,1-2H3,(H,26,27,29,30). The van der Waals surface area contributed by atoms with E-state index in [0.29, 0.717) is 23.6 Å². The molecule has 0 spiro atoms. The molecule has 4 aromatic rings. The molecule has 9 heteroatoms. The third-order valence-corrected chi connectivity index (χ3v) is 6.21. The fraction of sp³-hybridized carbons (Fsp3) is 0.333. The van der Waals surface area contributed by atoms with Crippen molar-refractivity contribution < 1.29 is 4.79 Å². The number of nitrogens with one attached hydrogen (secondary N) is 1. The largest absolute Gasteiger partial charge is 0.273 e. The van der Waals surface area contributed by atoms with Crippen LogP contribution in [0, 0.1) is 0 Å². The van der Waals surface area contributed by atoms with Gasteiger partial charge in [0.2, 0.25) is 16.5 Å². The van der Waals surface area contributed by atoms with E-state index in [4.69, 9.17) is 5.10 Å². The first-order valence-corrected chi connectivity index (χ1v) is 12.1. The Labute approximate surface area is 196 Å². The van der Waals surface area contributed by atoms with E-state index in [1.165, 1.54) is 11.3 Å². The normalized spacial score (nSPS) is 11.8. The van der Waals surface area contributed by atoms with E-state index in [0.717, 1.165) is 52.9 Å². The van der Waals surface area contributed by atoms with Crippen LogP contribution in [0.2, 0.25) is 0 Å². The van der Waals surface area contributed by atoms with Crippen LogP contribution in [0.3, 0.4) is 0 Å². The van der Waals surface area contributed by atoms with E-state index in [1.54, 1.807) is 0 Å². The molecule has 0 aliphatic heterocycles. The second-order valence-corrected chi connectivity index (χ2v) is 8.81. The summed E-state index contributed by atoms with van der Waals surface area (Å²) < 4.78 is 1.85. The van der Waals surface area contributed by atoms with Crippen molar-refractivity contribution in [1.29, 1.82) is 0 Å². The molecule has 4 rings (SSSR count). The minimum absolute atomic E-state index is 0.0923. The summed E-state index contributed by atoms with van der Waals surface area (Å²) in [5.74, 6) is 0.473. The average molecular weight is 462 g/mol. The number of hydrogen-bond acceptors (Lipinski definition) is 6. The molecular weight excluding hydrogens is 434 g/mol. The van der Waals surface area contributed by atoms with Gasteiger partial charge < -0.3 is 0 Å². The molecule has 0 atom stereocenters. The van der Waals surface area contributed by atoms with Gasteiger partial charge in [-0.25, -0.2) is 4.68 Å². The number of nitrogens with zero attached hydrogens (tertiary/aromatic N) is 6. The van der Waals surface area contributed by atoms with Crippen molar-refractivity contribution in [1.82, 2.24) is 30.4 Å². The summed E-state index contributed by atoms with van der Waals surface area (Å²) in [4.78, 5) is 17.2. The molecule has 2 aromatic heterocycles. The Morgan fingerprint density at radius 1 is 1.06 bits per heavy atom. The van der Waals surface area contributed by atoms with Crippen molar-refractivity contribution in [3.8, 4) is 22.5 Å². The van der Waals surface area contributed by atoms with Gasteiger partial charge in [0.05, 0.1) is 6.54 Å². The maximum absolute atomic E-state index is 12.2. The number of rotatable bonds is 9. The van der Waals surface area contributed by atoms with E-state index < -0.39 is 0 Å². The summed E-state index contributed by atoms with van der Waals surface area (Å²) >= 11 is 1.51. The lowest BCUT2D eigenvalue weighted by Crippen LogP contribution is -2.19. The number of tetrazole rings is 1. The number of aromatic nitrogens is 6. The lowest BCUT2D eigenvalue weighted by atomic mass is 9.98.